The Balaban J connectivity index is 2.18. The van der Waals surface area contributed by atoms with Crippen molar-refractivity contribution in [3.05, 3.63) is 35.9 Å². The second-order valence-corrected chi connectivity index (χ2v) is 4.63. The van der Waals surface area contributed by atoms with E-state index in [2.05, 4.69) is 0 Å². The highest BCUT2D eigenvalue weighted by Crippen LogP contribution is 2.57. The van der Waals surface area contributed by atoms with Gasteiger partial charge in [-0.1, -0.05) is 30.3 Å². The first kappa shape index (κ1) is 14.0. The molecule has 4 nitrogen and oxygen atoms in total. The van der Waals surface area contributed by atoms with E-state index in [9.17, 15) is 4.79 Å². The van der Waals surface area contributed by atoms with Crippen molar-refractivity contribution in [2.45, 2.75) is 19.1 Å². The molecule has 0 radical (unpaired) electrons. The van der Waals surface area contributed by atoms with Crippen LogP contribution in [0.3, 0.4) is 0 Å². The number of ether oxygens (including phenoxy) is 3. The number of carbonyl (C=O) groups is 1. The van der Waals surface area contributed by atoms with Crippen molar-refractivity contribution in [2.75, 3.05) is 20.8 Å². The topological polar surface area (TPSA) is 44.8 Å². The molecule has 19 heavy (non-hydrogen) atoms. The maximum Gasteiger partial charge on any atom is 0.310 e. The van der Waals surface area contributed by atoms with Crippen molar-refractivity contribution in [1.82, 2.24) is 0 Å². The van der Waals surface area contributed by atoms with Crippen molar-refractivity contribution < 1.29 is 19.0 Å². The second-order valence-electron chi connectivity index (χ2n) is 4.63. The Labute approximate surface area is 113 Å². The summed E-state index contributed by atoms with van der Waals surface area (Å²) in [5.41, 5.74) is 1.13. The highest BCUT2D eigenvalue weighted by atomic mass is 16.7. The number of hydrogen-bond acceptors (Lipinski definition) is 4. The van der Waals surface area contributed by atoms with E-state index in [1.165, 1.54) is 0 Å². The number of methoxy groups -OCH3 is 2. The lowest BCUT2D eigenvalue weighted by atomic mass is 10.1. The molecule has 3 unspecified atom stereocenters. The summed E-state index contributed by atoms with van der Waals surface area (Å²) < 4.78 is 15.7. The van der Waals surface area contributed by atoms with Crippen molar-refractivity contribution in [1.29, 1.82) is 0 Å². The Kier molecular flexibility index (Phi) is 4.56. The monoisotopic (exact) mass is 264 g/mol. The number of hydrogen-bond donors (Lipinski definition) is 0. The molecule has 4 heteroatoms. The highest BCUT2D eigenvalue weighted by molar-refractivity contribution is 5.78. The van der Waals surface area contributed by atoms with Crippen LogP contribution in [0.4, 0.5) is 0 Å². The predicted molar refractivity (Wildman–Crippen MR) is 70.6 cm³/mol. The predicted octanol–water partition coefficient (Wildman–Crippen LogP) is 2.20. The maximum atomic E-state index is 12.0. The minimum Gasteiger partial charge on any atom is -0.466 e. The molecule has 1 aromatic rings. The zero-order valence-electron chi connectivity index (χ0n) is 11.5. The molecule has 0 N–H and O–H groups in total. The number of carbonyl (C=O) groups excluding carboxylic acids is 1. The molecule has 0 amide bonds. The van der Waals surface area contributed by atoms with Gasteiger partial charge < -0.3 is 14.2 Å². The van der Waals surface area contributed by atoms with Gasteiger partial charge >= 0.3 is 5.97 Å². The molecule has 2 rings (SSSR count). The van der Waals surface area contributed by atoms with Gasteiger partial charge in [-0.3, -0.25) is 4.79 Å². The van der Waals surface area contributed by atoms with Gasteiger partial charge in [-0.05, 0) is 12.5 Å². The molecule has 0 spiro atoms. The van der Waals surface area contributed by atoms with Crippen LogP contribution in [0.2, 0.25) is 0 Å². The van der Waals surface area contributed by atoms with Gasteiger partial charge in [-0.25, -0.2) is 0 Å². The first-order valence-corrected chi connectivity index (χ1v) is 6.51. The third kappa shape index (κ3) is 2.80. The van der Waals surface area contributed by atoms with Crippen LogP contribution in [0.25, 0.3) is 0 Å². The smallest absolute Gasteiger partial charge is 0.310 e. The lowest BCUT2D eigenvalue weighted by molar-refractivity contribution is -0.150. The summed E-state index contributed by atoms with van der Waals surface area (Å²) in [6.07, 6.45) is -0.375. The molecule has 0 bridgehead atoms. The summed E-state index contributed by atoms with van der Waals surface area (Å²) in [6, 6.07) is 9.96. The molecule has 1 aromatic carbocycles. The van der Waals surface area contributed by atoms with Gasteiger partial charge in [0.25, 0.3) is 0 Å². The van der Waals surface area contributed by atoms with E-state index in [1.54, 1.807) is 14.2 Å². The SMILES string of the molecule is CCOC(=O)C1C(c2ccccc2)C1C(OC)OC. The van der Waals surface area contributed by atoms with Gasteiger partial charge in [0.2, 0.25) is 0 Å². The summed E-state index contributed by atoms with van der Waals surface area (Å²) in [7, 11) is 3.19. The lowest BCUT2D eigenvalue weighted by Crippen LogP contribution is -2.19. The summed E-state index contributed by atoms with van der Waals surface area (Å²) in [5, 5.41) is 0. The van der Waals surface area contributed by atoms with Gasteiger partial charge in [-0.15, -0.1) is 0 Å². The molecule has 1 aliphatic rings. The van der Waals surface area contributed by atoms with Gasteiger partial charge in [0.05, 0.1) is 12.5 Å². The first-order chi connectivity index (χ1) is 9.24. The molecule has 1 fully saturated rings. The molecule has 104 valence electrons. The Morgan fingerprint density at radius 3 is 2.37 bits per heavy atom. The number of rotatable bonds is 6. The van der Waals surface area contributed by atoms with Crippen LogP contribution >= 0.6 is 0 Å². The van der Waals surface area contributed by atoms with Crippen LogP contribution < -0.4 is 0 Å². The van der Waals surface area contributed by atoms with Gasteiger partial charge in [-0.2, -0.15) is 0 Å². The van der Waals surface area contributed by atoms with Gasteiger partial charge in [0, 0.05) is 26.1 Å². The van der Waals surface area contributed by atoms with E-state index in [0.29, 0.717) is 6.61 Å². The molecule has 0 aliphatic heterocycles. The van der Waals surface area contributed by atoms with Crippen molar-refractivity contribution >= 4 is 5.97 Å². The summed E-state index contributed by atoms with van der Waals surface area (Å²) >= 11 is 0. The quantitative estimate of drug-likeness (QED) is 0.583. The average molecular weight is 264 g/mol. The van der Waals surface area contributed by atoms with Crippen LogP contribution in [-0.2, 0) is 19.0 Å². The molecule has 0 saturated heterocycles. The standard InChI is InChI=1S/C15H20O4/c1-4-19-14(16)12-11(10-8-6-5-7-9-10)13(12)15(17-2)18-3/h5-9,11-13,15H,4H2,1-3H3. The van der Waals surface area contributed by atoms with E-state index in [-0.39, 0.29) is 30.0 Å². The molecule has 1 aliphatic carbocycles. The number of esters is 1. The summed E-state index contributed by atoms with van der Waals surface area (Å²) in [5.74, 6) is -0.200. The molecule has 0 aromatic heterocycles. The fraction of sp³-hybridized carbons (Fsp3) is 0.533. The third-order valence-corrected chi connectivity index (χ3v) is 3.60. The van der Waals surface area contributed by atoms with Crippen LogP contribution in [0.15, 0.2) is 30.3 Å². The van der Waals surface area contributed by atoms with Crippen LogP contribution in [0.5, 0.6) is 0 Å². The molecule has 3 atom stereocenters. The third-order valence-electron chi connectivity index (χ3n) is 3.60. The van der Waals surface area contributed by atoms with E-state index in [0.717, 1.165) is 5.56 Å². The zero-order chi connectivity index (χ0) is 13.8. The molecule has 0 heterocycles. The Bertz CT molecular complexity index is 413. The lowest BCUT2D eigenvalue weighted by Gasteiger charge is -2.13. The maximum absolute atomic E-state index is 12.0. The summed E-state index contributed by atoms with van der Waals surface area (Å²) in [4.78, 5) is 12.0. The van der Waals surface area contributed by atoms with Gasteiger partial charge in [0.1, 0.15) is 0 Å². The Morgan fingerprint density at radius 2 is 1.84 bits per heavy atom. The Hall–Kier alpha value is -1.39. The Morgan fingerprint density at radius 1 is 1.21 bits per heavy atom. The van der Waals surface area contributed by atoms with Crippen LogP contribution in [-0.4, -0.2) is 33.1 Å². The number of benzene rings is 1. The van der Waals surface area contributed by atoms with Crippen LogP contribution in [0.1, 0.15) is 18.4 Å². The minimum atomic E-state index is -0.375. The average Bonchev–Trinajstić information content (AvgIpc) is 3.17. The molecule has 1 saturated carbocycles. The normalized spacial score (nSPS) is 25.4. The van der Waals surface area contributed by atoms with Gasteiger partial charge in [0.15, 0.2) is 6.29 Å². The van der Waals surface area contributed by atoms with E-state index in [1.807, 2.05) is 37.3 Å². The van der Waals surface area contributed by atoms with E-state index >= 15 is 0 Å². The molecular formula is C15H20O4. The first-order valence-electron chi connectivity index (χ1n) is 6.51. The highest BCUT2D eigenvalue weighted by Gasteiger charge is 2.60. The van der Waals surface area contributed by atoms with Crippen LogP contribution in [0, 0.1) is 11.8 Å². The largest absolute Gasteiger partial charge is 0.466 e. The van der Waals surface area contributed by atoms with Crippen molar-refractivity contribution in [3.63, 3.8) is 0 Å². The fourth-order valence-corrected chi connectivity index (χ4v) is 2.73. The van der Waals surface area contributed by atoms with E-state index in [4.69, 9.17) is 14.2 Å². The fourth-order valence-electron chi connectivity index (χ4n) is 2.73. The summed E-state index contributed by atoms with van der Waals surface area (Å²) in [6.45, 7) is 2.21. The minimum absolute atomic E-state index is 0.0245. The zero-order valence-corrected chi connectivity index (χ0v) is 11.5. The molecular weight excluding hydrogens is 244 g/mol. The van der Waals surface area contributed by atoms with Crippen molar-refractivity contribution in [3.8, 4) is 0 Å². The van der Waals surface area contributed by atoms with Crippen molar-refractivity contribution in [2.24, 2.45) is 11.8 Å². The second kappa shape index (κ2) is 6.17. The van der Waals surface area contributed by atoms with E-state index < -0.39 is 0 Å².